The van der Waals surface area contributed by atoms with E-state index in [1.165, 1.54) is 14.8 Å². The van der Waals surface area contributed by atoms with Crippen LogP contribution in [0.25, 0.3) is 42.3 Å². The molecule has 2 aromatic heterocycles. The molecule has 0 fully saturated rings. The molecule has 0 amide bonds. The number of benzene rings is 3. The average Bonchev–Trinajstić information content (AvgIpc) is 3.01. The van der Waals surface area contributed by atoms with Crippen molar-refractivity contribution in [3.8, 4) is 11.3 Å². The van der Waals surface area contributed by atoms with E-state index in [-0.39, 0.29) is 0 Å². The molecule has 0 aliphatic carbocycles. The Bertz CT molecular complexity index is 1220. The molecule has 0 spiro atoms. The first kappa shape index (κ1) is 13.5. The Labute approximate surface area is 143 Å². The monoisotopic (exact) mass is 326 g/mol. The van der Waals surface area contributed by atoms with Gasteiger partial charge < -0.3 is 5.73 Å². The van der Waals surface area contributed by atoms with Gasteiger partial charge in [-0.25, -0.2) is 4.98 Å². The maximum Gasteiger partial charge on any atom is 0.0716 e. The molecule has 2 heterocycles. The van der Waals surface area contributed by atoms with Gasteiger partial charge in [0.05, 0.1) is 11.2 Å². The molecular weight excluding hydrogens is 312 g/mol. The Balaban J connectivity index is 1.89. The molecule has 0 radical (unpaired) electrons. The standard InChI is InChI=1S/C21H14N2S/c22-15-7-4-10-19-21(15)20-14(6-3-9-18(20)24-19)17-12-11-13-5-1-2-8-16(13)23-17/h1-12H,22H2. The number of para-hydroxylation sites is 1. The molecule has 2 nitrogen and oxygen atoms in total. The highest BCUT2D eigenvalue weighted by Gasteiger charge is 2.13. The normalized spacial score (nSPS) is 11.5. The molecule has 2 N–H and O–H groups in total. The summed E-state index contributed by atoms with van der Waals surface area (Å²) in [5.41, 5.74) is 10.3. The number of aromatic nitrogens is 1. The van der Waals surface area contributed by atoms with E-state index in [1.807, 2.05) is 24.3 Å². The summed E-state index contributed by atoms with van der Waals surface area (Å²) in [5.74, 6) is 0. The second-order valence-electron chi connectivity index (χ2n) is 5.89. The lowest BCUT2D eigenvalue weighted by Crippen LogP contribution is -1.88. The molecule has 0 saturated heterocycles. The maximum atomic E-state index is 6.29. The Kier molecular flexibility index (Phi) is 2.84. The molecule has 5 aromatic rings. The first-order chi connectivity index (χ1) is 11.8. The molecule has 0 bridgehead atoms. The van der Waals surface area contributed by atoms with Crippen LogP contribution in [0.1, 0.15) is 0 Å². The number of thiophene rings is 1. The number of hydrogen-bond donors (Lipinski definition) is 1. The van der Waals surface area contributed by atoms with Crippen molar-refractivity contribution in [1.29, 1.82) is 0 Å². The molecular formula is C21H14N2S. The molecule has 0 saturated carbocycles. The van der Waals surface area contributed by atoms with Crippen molar-refractivity contribution < 1.29 is 0 Å². The lowest BCUT2D eigenvalue weighted by Gasteiger charge is -2.06. The van der Waals surface area contributed by atoms with E-state index in [2.05, 4.69) is 48.5 Å². The van der Waals surface area contributed by atoms with Crippen molar-refractivity contribution in [3.05, 3.63) is 72.8 Å². The first-order valence-electron chi connectivity index (χ1n) is 7.87. The summed E-state index contributed by atoms with van der Waals surface area (Å²) >= 11 is 1.78. The minimum absolute atomic E-state index is 0.826. The van der Waals surface area contributed by atoms with Gasteiger partial charge >= 0.3 is 0 Å². The molecule has 0 aliphatic heterocycles. The van der Waals surface area contributed by atoms with Crippen LogP contribution in [0.15, 0.2) is 72.8 Å². The van der Waals surface area contributed by atoms with Crippen molar-refractivity contribution >= 4 is 48.1 Å². The summed E-state index contributed by atoms with van der Waals surface area (Å²) in [6, 6.07) is 24.9. The number of nitrogens with zero attached hydrogens (tertiary/aromatic N) is 1. The summed E-state index contributed by atoms with van der Waals surface area (Å²) < 4.78 is 2.47. The van der Waals surface area contributed by atoms with Gasteiger partial charge in [-0.15, -0.1) is 11.3 Å². The van der Waals surface area contributed by atoms with Gasteiger partial charge in [0, 0.05) is 36.8 Å². The fourth-order valence-corrected chi connectivity index (χ4v) is 4.49. The predicted molar refractivity (Wildman–Crippen MR) is 104 cm³/mol. The molecule has 114 valence electrons. The third-order valence-corrected chi connectivity index (χ3v) is 5.55. The zero-order chi connectivity index (χ0) is 16.1. The highest BCUT2D eigenvalue weighted by molar-refractivity contribution is 7.26. The zero-order valence-electron chi connectivity index (χ0n) is 12.9. The summed E-state index contributed by atoms with van der Waals surface area (Å²) in [6.45, 7) is 0. The van der Waals surface area contributed by atoms with Crippen LogP contribution in [0.2, 0.25) is 0 Å². The Hall–Kier alpha value is -2.91. The molecule has 0 atom stereocenters. The van der Waals surface area contributed by atoms with Crippen LogP contribution in [-0.2, 0) is 0 Å². The van der Waals surface area contributed by atoms with Crippen molar-refractivity contribution in [2.45, 2.75) is 0 Å². The lowest BCUT2D eigenvalue weighted by atomic mass is 10.0. The second kappa shape index (κ2) is 5.05. The van der Waals surface area contributed by atoms with Crippen LogP contribution >= 0.6 is 11.3 Å². The third-order valence-electron chi connectivity index (χ3n) is 4.43. The van der Waals surface area contributed by atoms with Gasteiger partial charge in [0.2, 0.25) is 0 Å². The number of fused-ring (bicyclic) bond motifs is 4. The van der Waals surface area contributed by atoms with Gasteiger partial charge in [-0.3, -0.25) is 0 Å². The van der Waals surface area contributed by atoms with Crippen molar-refractivity contribution in [2.24, 2.45) is 0 Å². The first-order valence-corrected chi connectivity index (χ1v) is 8.69. The summed E-state index contributed by atoms with van der Waals surface area (Å²) in [4.78, 5) is 4.88. The van der Waals surface area contributed by atoms with Crippen LogP contribution in [0.5, 0.6) is 0 Å². The van der Waals surface area contributed by atoms with E-state index in [0.717, 1.165) is 33.2 Å². The SMILES string of the molecule is Nc1cccc2sc3cccc(-c4ccc5ccccc5n4)c3c12. The highest BCUT2D eigenvalue weighted by atomic mass is 32.1. The fourth-order valence-electron chi connectivity index (χ4n) is 3.32. The van der Waals surface area contributed by atoms with Gasteiger partial charge in [0.25, 0.3) is 0 Å². The maximum absolute atomic E-state index is 6.29. The molecule has 24 heavy (non-hydrogen) atoms. The van der Waals surface area contributed by atoms with Crippen LogP contribution in [-0.4, -0.2) is 4.98 Å². The predicted octanol–water partition coefficient (Wildman–Crippen LogP) is 5.85. The summed E-state index contributed by atoms with van der Waals surface area (Å²) in [7, 11) is 0. The molecule has 5 rings (SSSR count). The minimum Gasteiger partial charge on any atom is -0.398 e. The highest BCUT2D eigenvalue weighted by Crippen LogP contribution is 2.42. The van der Waals surface area contributed by atoms with Crippen molar-refractivity contribution in [1.82, 2.24) is 4.98 Å². The van der Waals surface area contributed by atoms with E-state index in [4.69, 9.17) is 10.7 Å². The lowest BCUT2D eigenvalue weighted by molar-refractivity contribution is 1.41. The Morgan fingerprint density at radius 1 is 0.708 bits per heavy atom. The number of hydrogen-bond acceptors (Lipinski definition) is 3. The summed E-state index contributed by atoms with van der Waals surface area (Å²) in [5, 5.41) is 3.50. The van der Waals surface area contributed by atoms with E-state index >= 15 is 0 Å². The van der Waals surface area contributed by atoms with Crippen LogP contribution in [0, 0.1) is 0 Å². The zero-order valence-corrected chi connectivity index (χ0v) is 13.7. The smallest absolute Gasteiger partial charge is 0.0716 e. The number of anilines is 1. The van der Waals surface area contributed by atoms with Crippen LogP contribution in [0.4, 0.5) is 5.69 Å². The second-order valence-corrected chi connectivity index (χ2v) is 6.97. The van der Waals surface area contributed by atoms with Crippen molar-refractivity contribution in [2.75, 3.05) is 5.73 Å². The minimum atomic E-state index is 0.826. The molecule has 0 aliphatic rings. The van der Waals surface area contributed by atoms with E-state index in [1.54, 1.807) is 11.3 Å². The van der Waals surface area contributed by atoms with E-state index < -0.39 is 0 Å². The molecule has 0 unspecified atom stereocenters. The van der Waals surface area contributed by atoms with Gasteiger partial charge in [-0.05, 0) is 30.3 Å². The molecule has 3 heteroatoms. The molecule has 3 aromatic carbocycles. The fraction of sp³-hybridized carbons (Fsp3) is 0. The van der Waals surface area contributed by atoms with Crippen LogP contribution in [0.3, 0.4) is 0 Å². The van der Waals surface area contributed by atoms with E-state index in [9.17, 15) is 0 Å². The quantitative estimate of drug-likeness (QED) is 0.392. The third kappa shape index (κ3) is 1.92. The Morgan fingerprint density at radius 2 is 1.50 bits per heavy atom. The largest absolute Gasteiger partial charge is 0.398 e. The number of pyridine rings is 1. The topological polar surface area (TPSA) is 38.9 Å². The van der Waals surface area contributed by atoms with Crippen LogP contribution < -0.4 is 5.73 Å². The van der Waals surface area contributed by atoms with Gasteiger partial charge in [-0.1, -0.05) is 42.5 Å². The average molecular weight is 326 g/mol. The number of nitrogens with two attached hydrogens (primary N) is 1. The van der Waals surface area contributed by atoms with Crippen molar-refractivity contribution in [3.63, 3.8) is 0 Å². The summed E-state index contributed by atoms with van der Waals surface area (Å²) in [6.07, 6.45) is 0. The number of rotatable bonds is 1. The van der Waals surface area contributed by atoms with Gasteiger partial charge in [-0.2, -0.15) is 0 Å². The van der Waals surface area contributed by atoms with E-state index in [0.29, 0.717) is 0 Å². The Morgan fingerprint density at radius 3 is 2.42 bits per heavy atom. The van der Waals surface area contributed by atoms with Gasteiger partial charge in [0.15, 0.2) is 0 Å². The number of nitrogen functional groups attached to an aromatic ring is 1. The van der Waals surface area contributed by atoms with Gasteiger partial charge in [0.1, 0.15) is 0 Å².